The van der Waals surface area contributed by atoms with Gasteiger partial charge in [0.25, 0.3) is 5.91 Å². The molecule has 1 aliphatic heterocycles. The number of methoxy groups -OCH3 is 1. The van der Waals surface area contributed by atoms with Crippen LogP contribution < -0.4 is 14.4 Å². The van der Waals surface area contributed by atoms with Crippen molar-refractivity contribution in [2.45, 2.75) is 6.92 Å². The molecule has 0 N–H and O–H groups in total. The first-order valence-electron chi connectivity index (χ1n) is 7.56. The summed E-state index contributed by atoms with van der Waals surface area (Å²) in [6, 6.07) is 13.5. The molecule has 0 saturated carbocycles. The SMILES string of the molecule is CCOc1cccc(/C=C2/C(=O)N(C)c3ccccc32)c1OC. The van der Waals surface area contributed by atoms with E-state index >= 15 is 0 Å². The molecule has 0 aromatic heterocycles. The van der Waals surface area contributed by atoms with Gasteiger partial charge in [0.1, 0.15) is 0 Å². The first-order chi connectivity index (χ1) is 11.2. The van der Waals surface area contributed by atoms with Crippen LogP contribution in [0.25, 0.3) is 11.6 Å². The minimum Gasteiger partial charge on any atom is -0.492 e. The fraction of sp³-hybridized carbons (Fsp3) is 0.211. The van der Waals surface area contributed by atoms with E-state index in [0.717, 1.165) is 16.8 Å². The highest BCUT2D eigenvalue weighted by molar-refractivity contribution is 6.35. The zero-order chi connectivity index (χ0) is 16.4. The number of fused-ring (bicyclic) bond motifs is 1. The molecular weight excluding hydrogens is 290 g/mol. The summed E-state index contributed by atoms with van der Waals surface area (Å²) < 4.78 is 11.1. The molecule has 0 aliphatic carbocycles. The van der Waals surface area contributed by atoms with E-state index in [2.05, 4.69) is 0 Å². The number of amides is 1. The molecule has 1 amide bonds. The molecule has 1 heterocycles. The van der Waals surface area contributed by atoms with E-state index < -0.39 is 0 Å². The number of nitrogens with zero attached hydrogens (tertiary/aromatic N) is 1. The molecule has 0 spiro atoms. The molecule has 0 radical (unpaired) electrons. The predicted molar refractivity (Wildman–Crippen MR) is 91.9 cm³/mol. The Morgan fingerprint density at radius 3 is 2.65 bits per heavy atom. The van der Waals surface area contributed by atoms with Gasteiger partial charge in [-0.15, -0.1) is 0 Å². The standard InChI is InChI=1S/C19H19NO3/c1-4-23-17-11-7-8-13(18(17)22-3)12-15-14-9-5-6-10-16(14)20(2)19(15)21/h5-12H,4H2,1-3H3/b15-12+. The van der Waals surface area contributed by atoms with Crippen LogP contribution in [0.3, 0.4) is 0 Å². The third kappa shape index (κ3) is 2.57. The lowest BCUT2D eigenvalue weighted by molar-refractivity contribution is -0.112. The minimum atomic E-state index is -0.0185. The lowest BCUT2D eigenvalue weighted by Crippen LogP contribution is -2.20. The molecule has 0 atom stereocenters. The maximum atomic E-state index is 12.6. The van der Waals surface area contributed by atoms with Crippen LogP contribution in [0.1, 0.15) is 18.1 Å². The van der Waals surface area contributed by atoms with E-state index in [1.165, 1.54) is 0 Å². The number of benzene rings is 2. The van der Waals surface area contributed by atoms with Crippen LogP contribution in [0.2, 0.25) is 0 Å². The summed E-state index contributed by atoms with van der Waals surface area (Å²) in [4.78, 5) is 14.2. The van der Waals surface area contributed by atoms with Crippen molar-refractivity contribution in [2.75, 3.05) is 25.7 Å². The van der Waals surface area contributed by atoms with E-state index in [0.29, 0.717) is 23.7 Å². The first-order valence-corrected chi connectivity index (χ1v) is 7.56. The van der Waals surface area contributed by atoms with Gasteiger partial charge < -0.3 is 14.4 Å². The Balaban J connectivity index is 2.12. The molecule has 4 heteroatoms. The topological polar surface area (TPSA) is 38.8 Å². The number of para-hydroxylation sites is 2. The third-order valence-corrected chi connectivity index (χ3v) is 3.90. The van der Waals surface area contributed by atoms with E-state index in [1.54, 1.807) is 19.1 Å². The highest BCUT2D eigenvalue weighted by atomic mass is 16.5. The van der Waals surface area contributed by atoms with Crippen molar-refractivity contribution in [3.63, 3.8) is 0 Å². The van der Waals surface area contributed by atoms with Gasteiger partial charge in [0.05, 0.1) is 19.4 Å². The number of anilines is 1. The van der Waals surface area contributed by atoms with Crippen molar-refractivity contribution in [3.05, 3.63) is 53.6 Å². The van der Waals surface area contributed by atoms with E-state index in [-0.39, 0.29) is 5.91 Å². The largest absolute Gasteiger partial charge is 0.492 e. The zero-order valence-corrected chi connectivity index (χ0v) is 13.5. The highest BCUT2D eigenvalue weighted by Gasteiger charge is 2.29. The number of likely N-dealkylation sites (N-methyl/N-ethyl adjacent to an activating group) is 1. The summed E-state index contributed by atoms with van der Waals surface area (Å²) in [6.45, 7) is 2.48. The van der Waals surface area contributed by atoms with Gasteiger partial charge in [-0.1, -0.05) is 30.3 Å². The van der Waals surface area contributed by atoms with Crippen molar-refractivity contribution in [1.82, 2.24) is 0 Å². The molecule has 0 bridgehead atoms. The first kappa shape index (κ1) is 15.2. The number of rotatable bonds is 4. The molecule has 0 fully saturated rings. The molecular formula is C19H19NO3. The van der Waals surface area contributed by atoms with Gasteiger partial charge in [-0.3, -0.25) is 4.79 Å². The second kappa shape index (κ2) is 6.16. The Hall–Kier alpha value is -2.75. The molecule has 23 heavy (non-hydrogen) atoms. The lowest BCUT2D eigenvalue weighted by Gasteiger charge is -2.12. The van der Waals surface area contributed by atoms with E-state index in [4.69, 9.17) is 9.47 Å². The van der Waals surface area contributed by atoms with Crippen molar-refractivity contribution in [1.29, 1.82) is 0 Å². The number of ether oxygens (including phenoxy) is 2. The summed E-state index contributed by atoms with van der Waals surface area (Å²) in [7, 11) is 3.40. The predicted octanol–water partition coefficient (Wildman–Crippen LogP) is 3.61. The quantitative estimate of drug-likeness (QED) is 0.810. The van der Waals surface area contributed by atoms with E-state index in [1.807, 2.05) is 55.5 Å². The minimum absolute atomic E-state index is 0.0185. The third-order valence-electron chi connectivity index (χ3n) is 3.90. The van der Waals surface area contributed by atoms with Crippen LogP contribution in [0.4, 0.5) is 5.69 Å². The van der Waals surface area contributed by atoms with Crippen LogP contribution >= 0.6 is 0 Å². The van der Waals surface area contributed by atoms with Crippen molar-refractivity contribution in [3.8, 4) is 11.5 Å². The van der Waals surface area contributed by atoms with Crippen LogP contribution in [0.5, 0.6) is 11.5 Å². The molecule has 1 aliphatic rings. The Bertz CT molecular complexity index is 780. The number of hydrogen-bond acceptors (Lipinski definition) is 3. The highest BCUT2D eigenvalue weighted by Crippen LogP contribution is 2.39. The van der Waals surface area contributed by atoms with Crippen molar-refractivity contribution >= 4 is 23.2 Å². The monoisotopic (exact) mass is 309 g/mol. The van der Waals surface area contributed by atoms with Crippen LogP contribution in [-0.2, 0) is 4.79 Å². The Morgan fingerprint density at radius 1 is 1.13 bits per heavy atom. The molecule has 3 rings (SSSR count). The summed E-state index contributed by atoms with van der Waals surface area (Å²) >= 11 is 0. The second-order valence-corrected chi connectivity index (χ2v) is 5.25. The maximum Gasteiger partial charge on any atom is 0.258 e. The molecule has 118 valence electrons. The normalized spacial score (nSPS) is 15.0. The van der Waals surface area contributed by atoms with Gasteiger partial charge in [-0.05, 0) is 25.1 Å². The summed E-state index contributed by atoms with van der Waals surface area (Å²) in [5, 5.41) is 0. The Labute approximate surface area is 135 Å². The molecule has 4 nitrogen and oxygen atoms in total. The molecule has 2 aromatic carbocycles. The molecule has 0 unspecified atom stereocenters. The fourth-order valence-corrected chi connectivity index (χ4v) is 2.83. The van der Waals surface area contributed by atoms with Gasteiger partial charge >= 0.3 is 0 Å². The van der Waals surface area contributed by atoms with Gasteiger partial charge in [0, 0.05) is 23.7 Å². The van der Waals surface area contributed by atoms with Crippen molar-refractivity contribution in [2.24, 2.45) is 0 Å². The van der Waals surface area contributed by atoms with Crippen LogP contribution in [-0.4, -0.2) is 26.7 Å². The fourth-order valence-electron chi connectivity index (χ4n) is 2.83. The molecule has 0 saturated heterocycles. The lowest BCUT2D eigenvalue weighted by atomic mass is 10.0. The maximum absolute atomic E-state index is 12.6. The summed E-state index contributed by atoms with van der Waals surface area (Å²) in [5.74, 6) is 1.30. The van der Waals surface area contributed by atoms with Gasteiger partial charge in [-0.25, -0.2) is 0 Å². The van der Waals surface area contributed by atoms with Crippen molar-refractivity contribution < 1.29 is 14.3 Å². The van der Waals surface area contributed by atoms with E-state index in [9.17, 15) is 4.79 Å². The number of hydrogen-bond donors (Lipinski definition) is 0. The second-order valence-electron chi connectivity index (χ2n) is 5.25. The van der Waals surface area contributed by atoms with Crippen LogP contribution in [0.15, 0.2) is 42.5 Å². The Morgan fingerprint density at radius 2 is 1.91 bits per heavy atom. The number of carbonyl (C=O) groups excluding carboxylic acids is 1. The summed E-state index contributed by atoms with van der Waals surface area (Å²) in [6.07, 6.45) is 1.87. The Kier molecular flexibility index (Phi) is 4.06. The summed E-state index contributed by atoms with van der Waals surface area (Å²) in [5.41, 5.74) is 3.34. The average molecular weight is 309 g/mol. The zero-order valence-electron chi connectivity index (χ0n) is 13.5. The van der Waals surface area contributed by atoms with Gasteiger partial charge in [0.15, 0.2) is 11.5 Å². The average Bonchev–Trinajstić information content (AvgIpc) is 2.81. The van der Waals surface area contributed by atoms with Gasteiger partial charge in [-0.2, -0.15) is 0 Å². The molecule has 2 aromatic rings. The number of carbonyl (C=O) groups is 1. The van der Waals surface area contributed by atoms with Gasteiger partial charge in [0.2, 0.25) is 0 Å². The van der Waals surface area contributed by atoms with Crippen LogP contribution in [0, 0.1) is 0 Å². The smallest absolute Gasteiger partial charge is 0.258 e.